The van der Waals surface area contributed by atoms with Gasteiger partial charge in [-0.1, -0.05) is 28.2 Å². The molecule has 0 aliphatic rings. The van der Waals surface area contributed by atoms with Crippen LogP contribution in [0.5, 0.6) is 0 Å². The Morgan fingerprint density at radius 3 is 3.08 bits per heavy atom. The Balaban J connectivity index is 2.16. The lowest BCUT2D eigenvalue weighted by molar-refractivity contribution is 0.927. The van der Waals surface area contributed by atoms with Crippen molar-refractivity contribution in [2.24, 2.45) is 5.11 Å². The van der Waals surface area contributed by atoms with Crippen molar-refractivity contribution < 1.29 is 0 Å². The van der Waals surface area contributed by atoms with Gasteiger partial charge >= 0.3 is 0 Å². The van der Waals surface area contributed by atoms with E-state index in [2.05, 4.69) is 20.2 Å². The smallest absolute Gasteiger partial charge is 0.143 e. The number of aromatic nitrogens is 2. The standard InChI is InChI=1S/C6H9N5S2/c1-5-9-10-6(13-5)12-4-2-3-8-11-7/h2-4H2,1H3. The van der Waals surface area contributed by atoms with Crippen molar-refractivity contribution in [3.8, 4) is 0 Å². The Morgan fingerprint density at radius 2 is 2.46 bits per heavy atom. The second-order valence-electron chi connectivity index (χ2n) is 2.24. The van der Waals surface area contributed by atoms with Crippen molar-refractivity contribution in [1.82, 2.24) is 10.2 Å². The van der Waals surface area contributed by atoms with Crippen molar-refractivity contribution in [3.05, 3.63) is 15.5 Å². The van der Waals surface area contributed by atoms with Crippen LogP contribution in [0.25, 0.3) is 10.4 Å². The summed E-state index contributed by atoms with van der Waals surface area (Å²) in [6, 6.07) is 0. The molecular formula is C6H9N5S2. The highest BCUT2D eigenvalue weighted by molar-refractivity contribution is 8.01. The molecule has 0 radical (unpaired) electrons. The van der Waals surface area contributed by atoms with E-state index in [4.69, 9.17) is 5.53 Å². The Hall–Kier alpha value is -0.780. The summed E-state index contributed by atoms with van der Waals surface area (Å²) in [5, 5.41) is 12.3. The van der Waals surface area contributed by atoms with E-state index in [0.717, 1.165) is 21.5 Å². The summed E-state index contributed by atoms with van der Waals surface area (Å²) in [5.41, 5.74) is 8.02. The van der Waals surface area contributed by atoms with Gasteiger partial charge in [0.25, 0.3) is 0 Å². The first-order valence-electron chi connectivity index (χ1n) is 3.76. The van der Waals surface area contributed by atoms with Crippen LogP contribution < -0.4 is 0 Å². The Kier molecular flexibility index (Phi) is 4.59. The van der Waals surface area contributed by atoms with E-state index in [1.165, 1.54) is 0 Å². The predicted molar refractivity (Wildman–Crippen MR) is 54.0 cm³/mol. The number of hydrogen-bond acceptors (Lipinski definition) is 5. The molecule has 13 heavy (non-hydrogen) atoms. The molecule has 0 saturated heterocycles. The van der Waals surface area contributed by atoms with Gasteiger partial charge in [0.1, 0.15) is 5.01 Å². The highest BCUT2D eigenvalue weighted by Gasteiger charge is 1.99. The van der Waals surface area contributed by atoms with Crippen LogP contribution in [0.1, 0.15) is 11.4 Å². The van der Waals surface area contributed by atoms with E-state index in [1.807, 2.05) is 6.92 Å². The van der Waals surface area contributed by atoms with E-state index in [0.29, 0.717) is 6.54 Å². The first kappa shape index (κ1) is 10.3. The first-order chi connectivity index (χ1) is 6.33. The minimum atomic E-state index is 0.557. The van der Waals surface area contributed by atoms with E-state index >= 15 is 0 Å². The van der Waals surface area contributed by atoms with Crippen LogP contribution in [-0.4, -0.2) is 22.5 Å². The van der Waals surface area contributed by atoms with Crippen molar-refractivity contribution in [2.45, 2.75) is 17.7 Å². The molecule has 0 unspecified atom stereocenters. The van der Waals surface area contributed by atoms with Crippen LogP contribution in [0.4, 0.5) is 0 Å². The Labute approximate surface area is 84.2 Å². The largest absolute Gasteiger partial charge is 0.174 e. The van der Waals surface area contributed by atoms with Crippen molar-refractivity contribution in [3.63, 3.8) is 0 Å². The zero-order chi connectivity index (χ0) is 9.52. The van der Waals surface area contributed by atoms with Crippen molar-refractivity contribution in [2.75, 3.05) is 12.3 Å². The number of rotatable bonds is 5. The maximum Gasteiger partial charge on any atom is 0.174 e. The SMILES string of the molecule is Cc1nnc(SCCCN=[N+]=[N-])s1. The summed E-state index contributed by atoms with van der Waals surface area (Å²) in [6.45, 7) is 2.49. The molecule has 0 aliphatic carbocycles. The Morgan fingerprint density at radius 1 is 1.62 bits per heavy atom. The van der Waals surface area contributed by atoms with Gasteiger partial charge in [0.15, 0.2) is 4.34 Å². The van der Waals surface area contributed by atoms with Crippen LogP contribution in [0, 0.1) is 6.92 Å². The topological polar surface area (TPSA) is 74.5 Å². The highest BCUT2D eigenvalue weighted by Crippen LogP contribution is 2.22. The number of azide groups is 1. The van der Waals surface area contributed by atoms with Crippen LogP contribution >= 0.6 is 23.1 Å². The van der Waals surface area contributed by atoms with Crippen LogP contribution in [0.2, 0.25) is 0 Å². The molecule has 0 N–H and O–H groups in total. The zero-order valence-electron chi connectivity index (χ0n) is 7.17. The second kappa shape index (κ2) is 5.80. The fraction of sp³-hybridized carbons (Fsp3) is 0.667. The average Bonchev–Trinajstić information content (AvgIpc) is 2.51. The third-order valence-corrected chi connectivity index (χ3v) is 3.26. The first-order valence-corrected chi connectivity index (χ1v) is 5.57. The van der Waals surface area contributed by atoms with E-state index in [1.54, 1.807) is 23.1 Å². The fourth-order valence-corrected chi connectivity index (χ4v) is 2.49. The second-order valence-corrected chi connectivity index (χ2v) is 4.77. The van der Waals surface area contributed by atoms with Crippen molar-refractivity contribution >= 4 is 23.1 Å². The summed E-state index contributed by atoms with van der Waals surface area (Å²) in [5.74, 6) is 0.924. The lowest BCUT2D eigenvalue weighted by Crippen LogP contribution is -1.82. The fourth-order valence-electron chi connectivity index (χ4n) is 0.676. The average molecular weight is 215 g/mol. The minimum absolute atomic E-state index is 0.557. The molecule has 1 heterocycles. The maximum atomic E-state index is 8.02. The summed E-state index contributed by atoms with van der Waals surface area (Å²) in [7, 11) is 0. The summed E-state index contributed by atoms with van der Waals surface area (Å²) >= 11 is 3.24. The lowest BCUT2D eigenvalue weighted by atomic mass is 10.5. The van der Waals surface area contributed by atoms with E-state index < -0.39 is 0 Å². The molecule has 0 atom stereocenters. The quantitative estimate of drug-likeness (QED) is 0.249. The van der Waals surface area contributed by atoms with Crippen LogP contribution in [0.3, 0.4) is 0 Å². The van der Waals surface area contributed by atoms with Crippen LogP contribution in [0.15, 0.2) is 9.45 Å². The molecule has 0 aromatic carbocycles. The highest BCUT2D eigenvalue weighted by atomic mass is 32.2. The molecule has 0 saturated carbocycles. The third kappa shape index (κ3) is 4.12. The molecule has 0 aliphatic heterocycles. The summed E-state index contributed by atoms with van der Waals surface area (Å²) in [4.78, 5) is 2.67. The van der Waals surface area contributed by atoms with E-state index in [-0.39, 0.29) is 0 Å². The van der Waals surface area contributed by atoms with Gasteiger partial charge in [-0.05, 0) is 18.9 Å². The van der Waals surface area contributed by atoms with E-state index in [9.17, 15) is 0 Å². The molecule has 0 fully saturated rings. The molecule has 0 bridgehead atoms. The number of hydrogen-bond donors (Lipinski definition) is 0. The number of thioether (sulfide) groups is 1. The molecule has 1 aromatic rings. The summed E-state index contributed by atoms with van der Waals surface area (Å²) in [6.07, 6.45) is 0.882. The monoisotopic (exact) mass is 215 g/mol. The molecule has 1 aromatic heterocycles. The molecule has 5 nitrogen and oxygen atoms in total. The number of nitrogens with zero attached hydrogens (tertiary/aromatic N) is 5. The molecule has 1 rings (SSSR count). The molecule has 0 amide bonds. The van der Waals surface area contributed by atoms with Gasteiger partial charge in [-0.2, -0.15) is 0 Å². The van der Waals surface area contributed by atoms with Crippen LogP contribution in [-0.2, 0) is 0 Å². The van der Waals surface area contributed by atoms with Gasteiger partial charge in [-0.25, -0.2) is 0 Å². The van der Waals surface area contributed by atoms with Gasteiger partial charge in [-0.15, -0.1) is 10.2 Å². The van der Waals surface area contributed by atoms with Gasteiger partial charge in [0.05, 0.1) is 0 Å². The van der Waals surface area contributed by atoms with Gasteiger partial charge < -0.3 is 0 Å². The number of aryl methyl sites for hydroxylation is 1. The predicted octanol–water partition coefficient (Wildman–Crippen LogP) is 2.64. The minimum Gasteiger partial charge on any atom is -0.143 e. The molecular weight excluding hydrogens is 206 g/mol. The summed E-state index contributed by atoms with van der Waals surface area (Å²) < 4.78 is 0.985. The van der Waals surface area contributed by atoms with Gasteiger partial charge in [-0.3, -0.25) is 0 Å². The third-order valence-electron chi connectivity index (χ3n) is 1.20. The Bertz CT molecular complexity index is 304. The molecule has 0 spiro atoms. The van der Waals surface area contributed by atoms with Gasteiger partial charge in [0.2, 0.25) is 0 Å². The molecule has 70 valence electrons. The van der Waals surface area contributed by atoms with Crippen molar-refractivity contribution in [1.29, 1.82) is 0 Å². The lowest BCUT2D eigenvalue weighted by Gasteiger charge is -1.91. The maximum absolute atomic E-state index is 8.02. The van der Waals surface area contributed by atoms with Gasteiger partial charge in [0, 0.05) is 17.2 Å². The molecule has 7 heteroatoms. The zero-order valence-corrected chi connectivity index (χ0v) is 8.81. The normalized spacial score (nSPS) is 9.62.